The Hall–Kier alpha value is -10.5. The number of hydrogen-bond acceptors (Lipinski definition) is 18. The third-order valence-corrected chi connectivity index (χ3v) is 13.5. The molecule has 0 amide bonds. The molecular weight excluding hydrogens is 1450 g/mol. The van der Waals surface area contributed by atoms with E-state index in [4.69, 9.17) is 57.1 Å². The van der Waals surface area contributed by atoms with Crippen molar-refractivity contribution in [2.24, 2.45) is 9.98 Å². The molecule has 0 bridgehead atoms. The average molecular weight is 1510 g/mol. The second-order valence-electron chi connectivity index (χ2n) is 20.1. The van der Waals surface area contributed by atoms with Crippen LogP contribution in [-0.2, 0) is 93.6 Å². The molecule has 30 heteroatoms. The number of nitrogens with zero attached hydrogens (tertiary/aromatic N) is 14. The molecule has 2 radical (unpaired) electrons. The second kappa shape index (κ2) is 46.1. The summed E-state index contributed by atoms with van der Waals surface area (Å²) in [5.74, 6) is 0. The number of alkyl halides is 6. The van der Waals surface area contributed by atoms with E-state index in [1.165, 1.54) is 13.8 Å². The van der Waals surface area contributed by atoms with Crippen LogP contribution in [0.4, 0.5) is 49.1 Å². The largest absolute Gasteiger partial charge is 3.00 e. The molecule has 20 nitrogen and oxygen atoms in total. The fourth-order valence-corrected chi connectivity index (χ4v) is 8.14. The van der Waals surface area contributed by atoms with Gasteiger partial charge in [0.15, 0.2) is 20.2 Å². The van der Waals surface area contributed by atoms with E-state index in [1.807, 2.05) is 280 Å². The van der Waals surface area contributed by atoms with E-state index >= 15 is 0 Å². The Morgan fingerprint density at radius 2 is 0.559 bits per heavy atom. The summed E-state index contributed by atoms with van der Waals surface area (Å²) in [6.45, 7) is 7.49. The van der Waals surface area contributed by atoms with E-state index in [0.717, 1.165) is 119 Å². The van der Waals surface area contributed by atoms with Gasteiger partial charge < -0.3 is 19.7 Å². The third-order valence-electron chi connectivity index (χ3n) is 12.3. The van der Waals surface area contributed by atoms with Gasteiger partial charge >= 0.3 is 45.2 Å². The summed E-state index contributed by atoms with van der Waals surface area (Å²) in [6, 6.07) is 79.0. The first-order valence-electron chi connectivity index (χ1n) is 29.7. The Kier molecular flexibility index (Phi) is 38.7. The fourth-order valence-electron chi connectivity index (χ4n) is 8.14. The van der Waals surface area contributed by atoms with Crippen LogP contribution < -0.4 is 0 Å². The zero-order chi connectivity index (χ0) is 72.5. The Morgan fingerprint density at radius 1 is 0.373 bits per heavy atom. The maximum absolute atomic E-state index is 10.7. The Balaban J connectivity index is 0.000000351. The molecule has 10 aromatic rings. The van der Waals surface area contributed by atoms with E-state index < -0.39 is 31.3 Å². The first-order valence-corrected chi connectivity index (χ1v) is 32.5. The number of nitriles is 2. The number of aliphatic imine (C=N–C) groups is 2. The van der Waals surface area contributed by atoms with Gasteiger partial charge in [-0.2, -0.15) is 36.9 Å². The molecular formula is C72H64F6Fe2N14O6S2+2. The molecule has 6 aromatic heterocycles. The molecule has 1 aliphatic rings. The average Bonchev–Trinajstić information content (AvgIpc) is 0.803. The Labute approximate surface area is 609 Å². The molecule has 526 valence electrons. The number of benzene rings is 4. The van der Waals surface area contributed by atoms with Crippen LogP contribution in [0.5, 0.6) is 0 Å². The quantitative estimate of drug-likeness (QED) is 0.0253. The van der Waals surface area contributed by atoms with Gasteiger partial charge in [0.25, 0.3) is 0 Å². The predicted octanol–water partition coefficient (Wildman–Crippen LogP) is 16.0. The van der Waals surface area contributed by atoms with Crippen molar-refractivity contribution in [3.63, 3.8) is 0 Å². The molecule has 11 rings (SSSR count). The van der Waals surface area contributed by atoms with E-state index in [-0.39, 0.29) is 34.1 Å². The number of hydrogen-bond donors (Lipinski definition) is 0. The zero-order valence-corrected chi connectivity index (χ0v) is 58.1. The minimum Gasteiger partial charge on any atom is -0.741 e. The number of para-hydroxylation sites is 4. The van der Waals surface area contributed by atoms with Crippen molar-refractivity contribution < 1.29 is 86.4 Å². The minimum atomic E-state index is -6.09. The van der Waals surface area contributed by atoms with Gasteiger partial charge in [-0.25, -0.2) is 16.8 Å². The van der Waals surface area contributed by atoms with Crippen LogP contribution in [0.2, 0.25) is 0 Å². The van der Waals surface area contributed by atoms with Crippen molar-refractivity contribution in [3.05, 3.63) is 336 Å². The van der Waals surface area contributed by atoms with Gasteiger partial charge in [0.05, 0.1) is 57.7 Å². The third kappa shape index (κ3) is 34.1. The molecule has 0 saturated carbocycles. The van der Waals surface area contributed by atoms with Crippen LogP contribution in [0.3, 0.4) is 0 Å². The minimum absolute atomic E-state index is 0. The first kappa shape index (κ1) is 85.8. The fraction of sp³-hybridized carbons (Fsp3) is 0.139. The van der Waals surface area contributed by atoms with Gasteiger partial charge in [-0.05, 0) is 97.1 Å². The second-order valence-corrected chi connectivity index (χ2v) is 22.8. The number of aromatic nitrogens is 6. The van der Waals surface area contributed by atoms with Crippen molar-refractivity contribution in [1.82, 2.24) is 39.7 Å². The van der Waals surface area contributed by atoms with Crippen molar-refractivity contribution in [1.29, 1.82) is 10.5 Å². The van der Waals surface area contributed by atoms with Crippen LogP contribution in [0, 0.1) is 22.7 Å². The topological polar surface area (TPSA) is 299 Å². The number of pyridine rings is 6. The van der Waals surface area contributed by atoms with Crippen molar-refractivity contribution >= 4 is 54.4 Å². The molecule has 0 unspecified atom stereocenters. The van der Waals surface area contributed by atoms with Gasteiger partial charge in [0.2, 0.25) is 0 Å². The number of allylic oxidation sites excluding steroid dienone is 2. The van der Waals surface area contributed by atoms with Crippen LogP contribution in [0.1, 0.15) is 48.0 Å². The maximum Gasteiger partial charge on any atom is 3.00 e. The summed E-state index contributed by atoms with van der Waals surface area (Å²) in [7, 11) is -12.2. The van der Waals surface area contributed by atoms with E-state index in [9.17, 15) is 26.3 Å². The zero-order valence-electron chi connectivity index (χ0n) is 54.3. The summed E-state index contributed by atoms with van der Waals surface area (Å²) in [5.41, 5.74) is 1.35. The predicted molar refractivity (Wildman–Crippen MR) is 368 cm³/mol. The van der Waals surface area contributed by atoms with Crippen LogP contribution >= 0.6 is 0 Å². The van der Waals surface area contributed by atoms with Crippen LogP contribution in [-0.4, -0.2) is 88.1 Å². The molecule has 0 N–H and O–H groups in total. The monoisotopic (exact) mass is 1510 g/mol. The summed E-state index contributed by atoms with van der Waals surface area (Å²) >= 11 is 0. The van der Waals surface area contributed by atoms with Gasteiger partial charge in [0.1, 0.15) is 0 Å². The van der Waals surface area contributed by atoms with E-state index in [2.05, 4.69) is 39.7 Å². The van der Waals surface area contributed by atoms with E-state index in [0.29, 0.717) is 0 Å². The molecule has 0 fully saturated rings. The molecule has 0 aliphatic heterocycles. The first-order chi connectivity index (χ1) is 48.0. The summed E-state index contributed by atoms with van der Waals surface area (Å²) < 4.78 is 118. The molecule has 0 spiro atoms. The van der Waals surface area contributed by atoms with Crippen molar-refractivity contribution in [2.75, 3.05) is 0 Å². The molecule has 1 aliphatic carbocycles. The van der Waals surface area contributed by atoms with Crippen molar-refractivity contribution in [2.45, 2.75) is 64.1 Å². The maximum atomic E-state index is 10.7. The number of halogens is 6. The summed E-state index contributed by atoms with van der Waals surface area (Å²) in [4.78, 5) is 40.9. The molecule has 0 saturated heterocycles. The summed E-state index contributed by atoms with van der Waals surface area (Å²) in [5, 5.41) is 24.4. The van der Waals surface area contributed by atoms with Crippen LogP contribution in [0.15, 0.2) is 301 Å². The number of rotatable bonds is 18. The Bertz CT molecular complexity index is 3960. The summed E-state index contributed by atoms with van der Waals surface area (Å²) in [6.07, 6.45) is 14.9. The normalized spacial score (nSPS) is 12.2. The molecule has 0 atom stereocenters. The SMILES string of the molecule is C1=C([N-]c2ccccc2)C(=Nc2ccccc2)C=C([N-]c2ccccc2)C1=Nc1ccccc1.CC#N.CC#N.O=S(=O)([O-])C(F)(F)F.O=S(=O)([O-])C(F)(F)F.[Fe+3].[Fe+3].c1ccc(CN(Cc2ccccn2)Cc2ccccn2)nc1.c1ccc(CN(Cc2ccccn2)Cc2ccccn2)nc1. The van der Waals surface area contributed by atoms with Gasteiger partial charge in [-0.15, -0.1) is 22.8 Å². The molecule has 4 aromatic carbocycles. The van der Waals surface area contributed by atoms with Gasteiger partial charge in [-0.1, -0.05) is 146 Å². The smallest absolute Gasteiger partial charge is 0.741 e. The molecule has 6 heterocycles. The van der Waals surface area contributed by atoms with Crippen LogP contribution in [0.25, 0.3) is 10.6 Å². The van der Waals surface area contributed by atoms with Crippen molar-refractivity contribution in [3.8, 4) is 12.1 Å². The Morgan fingerprint density at radius 3 is 0.735 bits per heavy atom. The van der Waals surface area contributed by atoms with E-state index in [1.54, 1.807) is 12.1 Å². The van der Waals surface area contributed by atoms with Gasteiger partial charge in [-0.3, -0.25) is 49.7 Å². The van der Waals surface area contributed by atoms with Gasteiger partial charge in [0, 0.05) is 102 Å². The standard InChI is InChI=1S/C30H22N4.2C18H18N4.2C2H3N.2CHF3O3S.2Fe/c1-5-13-23(14-6-1)31-27-21-29(33-25-17-9-3-10-18-25)30(34-26-19-11-4-12-20-26)22-28(27)32-24-15-7-2-8-16-24;2*1-4-10-19-16(7-1)13-22(14-17-8-2-5-11-20-17)15-18-9-3-6-12-21-18;2*1-2-3;2*2-1(3,4)8(5,6)7;;/h1-22H;2*1-12H,13-15H2;2*1H3;2*(H,5,6,7);;/q-2;;;;;;;2*+3/p-2. The molecule has 102 heavy (non-hydrogen) atoms.